The molecule has 1 fully saturated rings. The van der Waals surface area contributed by atoms with Crippen LogP contribution in [0.5, 0.6) is 0 Å². The van der Waals surface area contributed by atoms with E-state index in [1.165, 1.54) is 4.90 Å². The monoisotopic (exact) mass is 443 g/mol. The number of imide groups is 1. The van der Waals surface area contributed by atoms with Crippen LogP contribution in [0.1, 0.15) is 56.7 Å². The van der Waals surface area contributed by atoms with Gasteiger partial charge in [-0.1, -0.05) is 61.0 Å². The van der Waals surface area contributed by atoms with Gasteiger partial charge in [-0.25, -0.2) is 9.69 Å². The number of rotatable bonds is 9. The Morgan fingerprint density at radius 2 is 1.81 bits per heavy atom. The lowest BCUT2D eigenvalue weighted by molar-refractivity contribution is -0.130. The predicted molar refractivity (Wildman–Crippen MR) is 121 cm³/mol. The molecule has 3 rings (SSSR count). The third kappa shape index (κ3) is 6.08. The summed E-state index contributed by atoms with van der Waals surface area (Å²) in [4.78, 5) is 27.0. The van der Waals surface area contributed by atoms with Crippen molar-refractivity contribution in [1.29, 1.82) is 0 Å². The van der Waals surface area contributed by atoms with E-state index in [0.29, 0.717) is 11.6 Å². The van der Waals surface area contributed by atoms with Gasteiger partial charge in [0.2, 0.25) is 5.91 Å². The quantitative estimate of drug-likeness (QED) is 0.478. The van der Waals surface area contributed by atoms with E-state index >= 15 is 0 Å². The molecule has 3 atom stereocenters. The van der Waals surface area contributed by atoms with Gasteiger partial charge in [0.1, 0.15) is 12.6 Å². The molecule has 0 aliphatic carbocycles. The number of cyclic esters (lactones) is 1. The maximum absolute atomic E-state index is 13.3. The van der Waals surface area contributed by atoms with Crippen molar-refractivity contribution >= 4 is 23.6 Å². The zero-order valence-corrected chi connectivity index (χ0v) is 19.0. The lowest BCUT2D eigenvalue weighted by Crippen LogP contribution is -2.35. The van der Waals surface area contributed by atoms with Crippen LogP contribution in [0.2, 0.25) is 5.02 Å². The lowest BCUT2D eigenvalue weighted by atomic mass is 9.82. The van der Waals surface area contributed by atoms with Gasteiger partial charge in [0.25, 0.3) is 0 Å². The summed E-state index contributed by atoms with van der Waals surface area (Å²) in [5, 5.41) is 0.650. The third-order valence-electron chi connectivity index (χ3n) is 5.73. The van der Waals surface area contributed by atoms with E-state index in [9.17, 15) is 9.59 Å². The topological polar surface area (TPSA) is 55.8 Å². The van der Waals surface area contributed by atoms with Gasteiger partial charge in [0, 0.05) is 18.1 Å². The molecule has 1 aliphatic heterocycles. The molecule has 0 radical (unpaired) electrons. The second-order valence-electron chi connectivity index (χ2n) is 8.31. The highest BCUT2D eigenvalue weighted by Crippen LogP contribution is 2.35. The average Bonchev–Trinajstić information content (AvgIpc) is 3.14. The van der Waals surface area contributed by atoms with Gasteiger partial charge >= 0.3 is 6.09 Å². The molecule has 1 aliphatic rings. The Bertz CT molecular complexity index is 869. The normalized spacial score (nSPS) is 18.2. The van der Waals surface area contributed by atoms with Gasteiger partial charge in [0.05, 0.1) is 6.10 Å². The Balaban J connectivity index is 1.79. The van der Waals surface area contributed by atoms with Crippen molar-refractivity contribution in [2.45, 2.75) is 51.7 Å². The van der Waals surface area contributed by atoms with Crippen molar-refractivity contribution in [2.75, 3.05) is 13.2 Å². The average molecular weight is 444 g/mol. The first-order chi connectivity index (χ1) is 14.9. The fourth-order valence-corrected chi connectivity index (χ4v) is 4.08. The molecular weight excluding hydrogens is 414 g/mol. The number of ether oxygens (including phenoxy) is 2. The molecule has 166 valence electrons. The van der Waals surface area contributed by atoms with Crippen molar-refractivity contribution < 1.29 is 19.1 Å². The van der Waals surface area contributed by atoms with Gasteiger partial charge in [0.15, 0.2) is 0 Å². The molecule has 6 heteroatoms. The molecule has 31 heavy (non-hydrogen) atoms. The van der Waals surface area contributed by atoms with Crippen LogP contribution in [-0.4, -0.2) is 36.2 Å². The molecule has 2 aromatic carbocycles. The minimum absolute atomic E-state index is 0.0645. The molecule has 0 saturated carbocycles. The van der Waals surface area contributed by atoms with Crippen LogP contribution in [0.3, 0.4) is 0 Å². The largest absolute Gasteiger partial charge is 0.446 e. The molecule has 0 aromatic heterocycles. The number of hydrogen-bond acceptors (Lipinski definition) is 4. The molecule has 0 N–H and O–H groups in total. The summed E-state index contributed by atoms with van der Waals surface area (Å²) in [7, 11) is 0. The zero-order chi connectivity index (χ0) is 22.4. The predicted octanol–water partition coefficient (Wildman–Crippen LogP) is 5.99. The second-order valence-corrected chi connectivity index (χ2v) is 8.75. The molecule has 5 nitrogen and oxygen atoms in total. The third-order valence-corrected chi connectivity index (χ3v) is 5.98. The summed E-state index contributed by atoms with van der Waals surface area (Å²) in [6, 6.07) is 16.7. The number of carbonyl (C=O) groups excluding carboxylic acids is 2. The summed E-state index contributed by atoms with van der Waals surface area (Å²) in [5.41, 5.74) is 1.92. The molecule has 2 amide bonds. The van der Waals surface area contributed by atoms with Crippen LogP contribution in [0.25, 0.3) is 0 Å². The van der Waals surface area contributed by atoms with Crippen LogP contribution in [0.4, 0.5) is 4.79 Å². The van der Waals surface area contributed by atoms with Crippen LogP contribution in [-0.2, 0) is 14.3 Å². The summed E-state index contributed by atoms with van der Waals surface area (Å²) in [6.45, 7) is 6.93. The van der Waals surface area contributed by atoms with Crippen LogP contribution in [0, 0.1) is 5.92 Å². The summed E-state index contributed by atoms with van der Waals surface area (Å²) in [5.74, 6) is -0.115. The van der Waals surface area contributed by atoms with Crippen molar-refractivity contribution in [3.63, 3.8) is 0 Å². The van der Waals surface area contributed by atoms with Gasteiger partial charge in [-0.05, 0) is 55.4 Å². The highest BCUT2D eigenvalue weighted by molar-refractivity contribution is 6.30. The number of hydrogen-bond donors (Lipinski definition) is 0. The number of nitrogens with zero attached hydrogens (tertiary/aromatic N) is 1. The standard InChI is InChI=1S/C25H30ClNO4/c1-17(2)30-14-13-18(3)22(19-9-11-21(26)12-10-19)15-24(28)27-23(16-31-25(27)29)20-7-5-4-6-8-20/h4-12,17-18,22-23H,13-16H2,1-3H3. The Morgan fingerprint density at radius 3 is 2.45 bits per heavy atom. The van der Waals surface area contributed by atoms with Gasteiger partial charge < -0.3 is 9.47 Å². The molecular formula is C25H30ClNO4. The number of amides is 2. The minimum atomic E-state index is -0.579. The smallest absolute Gasteiger partial charge is 0.417 e. The van der Waals surface area contributed by atoms with Gasteiger partial charge in [-0.15, -0.1) is 0 Å². The van der Waals surface area contributed by atoms with E-state index in [1.807, 2.05) is 68.4 Å². The summed E-state index contributed by atoms with van der Waals surface area (Å²) >= 11 is 6.07. The van der Waals surface area contributed by atoms with E-state index in [-0.39, 0.29) is 36.9 Å². The molecule has 3 unspecified atom stereocenters. The van der Waals surface area contributed by atoms with E-state index < -0.39 is 12.1 Å². The van der Waals surface area contributed by atoms with E-state index in [0.717, 1.165) is 17.5 Å². The van der Waals surface area contributed by atoms with Crippen molar-refractivity contribution in [3.8, 4) is 0 Å². The first-order valence-electron chi connectivity index (χ1n) is 10.8. The van der Waals surface area contributed by atoms with Crippen molar-refractivity contribution in [2.24, 2.45) is 5.92 Å². The Hall–Kier alpha value is -2.37. The minimum Gasteiger partial charge on any atom is -0.446 e. The maximum Gasteiger partial charge on any atom is 0.417 e. The summed E-state index contributed by atoms with van der Waals surface area (Å²) < 4.78 is 11.0. The highest BCUT2D eigenvalue weighted by Gasteiger charge is 2.40. The number of carbonyl (C=O) groups is 2. The Morgan fingerprint density at radius 1 is 1.13 bits per heavy atom. The first-order valence-corrected chi connectivity index (χ1v) is 11.2. The number of benzene rings is 2. The molecule has 1 saturated heterocycles. The lowest BCUT2D eigenvalue weighted by Gasteiger charge is -2.27. The fourth-order valence-electron chi connectivity index (χ4n) is 3.95. The van der Waals surface area contributed by atoms with E-state index in [2.05, 4.69) is 6.92 Å². The van der Waals surface area contributed by atoms with Crippen LogP contribution < -0.4 is 0 Å². The summed E-state index contributed by atoms with van der Waals surface area (Å²) in [6.07, 6.45) is 0.604. The highest BCUT2D eigenvalue weighted by atomic mass is 35.5. The van der Waals surface area contributed by atoms with Crippen molar-refractivity contribution in [1.82, 2.24) is 4.90 Å². The molecule has 0 bridgehead atoms. The van der Waals surface area contributed by atoms with E-state index in [4.69, 9.17) is 21.1 Å². The first kappa shape index (κ1) is 23.3. The van der Waals surface area contributed by atoms with Crippen LogP contribution in [0.15, 0.2) is 54.6 Å². The van der Waals surface area contributed by atoms with E-state index in [1.54, 1.807) is 0 Å². The van der Waals surface area contributed by atoms with Crippen LogP contribution >= 0.6 is 11.6 Å². The molecule has 1 heterocycles. The van der Waals surface area contributed by atoms with Crippen molar-refractivity contribution in [3.05, 3.63) is 70.7 Å². The zero-order valence-electron chi connectivity index (χ0n) is 18.3. The number of halogens is 1. The Labute approximate surface area is 189 Å². The maximum atomic E-state index is 13.3. The second kappa shape index (κ2) is 10.8. The molecule has 0 spiro atoms. The SMILES string of the molecule is CC(C)OCCC(C)C(CC(=O)N1C(=O)OCC1c1ccccc1)c1ccc(Cl)cc1. The van der Waals surface area contributed by atoms with Gasteiger partial charge in [-0.2, -0.15) is 0 Å². The Kier molecular flexibility index (Phi) is 8.10. The fraction of sp³-hybridized carbons (Fsp3) is 0.440. The molecule has 2 aromatic rings. The van der Waals surface area contributed by atoms with Gasteiger partial charge in [-0.3, -0.25) is 4.79 Å².